The monoisotopic (exact) mass is 387 g/mol. The van der Waals surface area contributed by atoms with Crippen molar-refractivity contribution in [1.29, 1.82) is 0 Å². The number of nitrogens with one attached hydrogen (secondary N) is 2. The van der Waals surface area contributed by atoms with E-state index in [1.54, 1.807) is 37.3 Å². The Hall–Kier alpha value is -2.71. The van der Waals surface area contributed by atoms with Crippen molar-refractivity contribution in [3.05, 3.63) is 64.7 Å². The maximum Gasteiger partial charge on any atom is 0.251 e. The van der Waals surface area contributed by atoms with Crippen molar-refractivity contribution in [3.8, 4) is 0 Å². The number of benzene rings is 2. The first-order chi connectivity index (χ1) is 12.8. The summed E-state index contributed by atoms with van der Waals surface area (Å²) in [7, 11) is -3.62. The Morgan fingerprint density at radius 2 is 1.78 bits per heavy atom. The molecule has 1 aliphatic carbocycles. The summed E-state index contributed by atoms with van der Waals surface area (Å²) in [6, 6.07) is 11.1. The molecule has 3 rings (SSSR count). The first kappa shape index (κ1) is 19.1. The van der Waals surface area contributed by atoms with E-state index >= 15 is 0 Å². The molecular weight excluding hydrogens is 366 g/mol. The highest BCUT2D eigenvalue weighted by molar-refractivity contribution is 7.89. The molecule has 4 N–H and O–H groups in total. The average Bonchev–Trinajstić information content (AvgIpc) is 3.43. The van der Waals surface area contributed by atoms with Gasteiger partial charge >= 0.3 is 0 Å². The number of nitrogens with two attached hydrogens (primary N) is 1. The van der Waals surface area contributed by atoms with Crippen LogP contribution in [-0.2, 0) is 16.6 Å². The Morgan fingerprint density at radius 1 is 1.11 bits per heavy atom. The van der Waals surface area contributed by atoms with Crippen LogP contribution in [0.4, 0.5) is 0 Å². The second-order valence-electron chi connectivity index (χ2n) is 6.62. The number of carbonyl (C=O) groups excluding carboxylic acids is 2. The lowest BCUT2D eigenvalue weighted by Crippen LogP contribution is -2.27. The Kier molecular flexibility index (Phi) is 5.29. The van der Waals surface area contributed by atoms with E-state index in [-0.39, 0.29) is 23.4 Å². The fourth-order valence-corrected chi connectivity index (χ4v) is 3.90. The van der Waals surface area contributed by atoms with E-state index in [4.69, 9.17) is 5.73 Å². The number of carbonyl (C=O) groups is 2. The van der Waals surface area contributed by atoms with Gasteiger partial charge < -0.3 is 11.1 Å². The van der Waals surface area contributed by atoms with Gasteiger partial charge in [-0.2, -0.15) is 0 Å². The summed E-state index contributed by atoms with van der Waals surface area (Å²) in [5.74, 6) is -0.881. The third kappa shape index (κ3) is 4.72. The maximum atomic E-state index is 12.5. The maximum absolute atomic E-state index is 12.5. The number of aryl methyl sites for hydroxylation is 1. The van der Waals surface area contributed by atoms with Crippen molar-refractivity contribution in [1.82, 2.24) is 10.0 Å². The molecule has 0 aliphatic heterocycles. The zero-order valence-corrected chi connectivity index (χ0v) is 15.7. The lowest BCUT2D eigenvalue weighted by atomic mass is 10.1. The van der Waals surface area contributed by atoms with Crippen LogP contribution in [-0.4, -0.2) is 26.3 Å². The number of hydrogen-bond acceptors (Lipinski definition) is 4. The number of sulfonamides is 1. The minimum Gasteiger partial charge on any atom is -0.366 e. The predicted octanol–water partition coefficient (Wildman–Crippen LogP) is 1.46. The summed E-state index contributed by atoms with van der Waals surface area (Å²) in [4.78, 5) is 23.7. The molecule has 0 heterocycles. The molecule has 1 saturated carbocycles. The highest BCUT2D eigenvalue weighted by Crippen LogP contribution is 2.23. The van der Waals surface area contributed by atoms with Crippen LogP contribution in [0, 0.1) is 6.92 Å². The highest BCUT2D eigenvalue weighted by Gasteiger charge is 2.28. The van der Waals surface area contributed by atoms with Crippen molar-refractivity contribution in [2.45, 2.75) is 37.2 Å². The van der Waals surface area contributed by atoms with E-state index < -0.39 is 15.9 Å². The SMILES string of the molecule is Cc1ccc(S(=O)(=O)NC2CC2)cc1C(=O)NCc1ccc(C(N)=O)cc1. The molecule has 2 aromatic rings. The van der Waals surface area contributed by atoms with Gasteiger partial charge in [0.15, 0.2) is 0 Å². The molecule has 0 radical (unpaired) electrons. The van der Waals surface area contributed by atoms with E-state index in [1.165, 1.54) is 12.1 Å². The van der Waals surface area contributed by atoms with Gasteiger partial charge in [-0.1, -0.05) is 18.2 Å². The van der Waals surface area contributed by atoms with E-state index in [0.717, 1.165) is 18.4 Å². The smallest absolute Gasteiger partial charge is 0.251 e. The van der Waals surface area contributed by atoms with Gasteiger partial charge in [0.05, 0.1) is 4.90 Å². The summed E-state index contributed by atoms with van der Waals surface area (Å²) < 4.78 is 27.3. The van der Waals surface area contributed by atoms with Crippen LogP contribution in [0.2, 0.25) is 0 Å². The van der Waals surface area contributed by atoms with Crippen LogP contribution in [0.1, 0.15) is 44.7 Å². The van der Waals surface area contributed by atoms with Crippen molar-refractivity contribution in [3.63, 3.8) is 0 Å². The third-order valence-corrected chi connectivity index (χ3v) is 5.87. The molecule has 0 aromatic heterocycles. The van der Waals surface area contributed by atoms with Crippen LogP contribution in [0.25, 0.3) is 0 Å². The summed E-state index contributed by atoms with van der Waals surface area (Å²) in [5.41, 5.74) is 7.38. The Bertz CT molecular complexity index is 981. The number of rotatable bonds is 7. The zero-order chi connectivity index (χ0) is 19.6. The number of primary amides is 1. The van der Waals surface area contributed by atoms with E-state index in [9.17, 15) is 18.0 Å². The molecule has 2 amide bonds. The summed E-state index contributed by atoms with van der Waals surface area (Å²) in [6.45, 7) is 2.00. The van der Waals surface area contributed by atoms with Crippen molar-refractivity contribution in [2.75, 3.05) is 0 Å². The molecule has 0 bridgehead atoms. The van der Waals surface area contributed by atoms with Gasteiger partial charge in [-0.3, -0.25) is 9.59 Å². The molecule has 7 nitrogen and oxygen atoms in total. The molecule has 0 spiro atoms. The quantitative estimate of drug-likeness (QED) is 0.666. The van der Waals surface area contributed by atoms with Crippen LogP contribution in [0.3, 0.4) is 0 Å². The molecule has 1 fully saturated rings. The van der Waals surface area contributed by atoms with E-state index in [1.807, 2.05) is 0 Å². The molecule has 27 heavy (non-hydrogen) atoms. The lowest BCUT2D eigenvalue weighted by Gasteiger charge is -2.11. The van der Waals surface area contributed by atoms with Gasteiger partial charge in [-0.15, -0.1) is 0 Å². The van der Waals surface area contributed by atoms with E-state index in [0.29, 0.717) is 16.7 Å². The Balaban J connectivity index is 1.72. The second kappa shape index (κ2) is 7.50. The van der Waals surface area contributed by atoms with Crippen LogP contribution in [0.5, 0.6) is 0 Å². The first-order valence-corrected chi connectivity index (χ1v) is 10.0. The van der Waals surface area contributed by atoms with Crippen LogP contribution >= 0.6 is 0 Å². The van der Waals surface area contributed by atoms with Crippen molar-refractivity contribution < 1.29 is 18.0 Å². The normalized spacial score (nSPS) is 14.0. The predicted molar refractivity (Wildman–Crippen MR) is 101 cm³/mol. The molecule has 8 heteroatoms. The summed E-state index contributed by atoms with van der Waals surface area (Å²) in [5, 5.41) is 2.77. The van der Waals surface area contributed by atoms with Crippen LogP contribution < -0.4 is 15.8 Å². The topological polar surface area (TPSA) is 118 Å². The molecule has 142 valence electrons. The number of hydrogen-bond donors (Lipinski definition) is 3. The first-order valence-electron chi connectivity index (χ1n) is 8.56. The Labute approximate surface area is 158 Å². The average molecular weight is 387 g/mol. The third-order valence-electron chi connectivity index (χ3n) is 4.35. The molecule has 0 saturated heterocycles. The molecule has 1 aliphatic rings. The zero-order valence-electron chi connectivity index (χ0n) is 14.9. The van der Waals surface area contributed by atoms with Gasteiger partial charge in [0, 0.05) is 23.7 Å². The Morgan fingerprint density at radius 3 is 2.37 bits per heavy atom. The van der Waals surface area contributed by atoms with Gasteiger partial charge in [0.25, 0.3) is 5.91 Å². The number of amides is 2. The second-order valence-corrected chi connectivity index (χ2v) is 8.33. The van der Waals surface area contributed by atoms with E-state index in [2.05, 4.69) is 10.0 Å². The van der Waals surface area contributed by atoms with Crippen LogP contribution in [0.15, 0.2) is 47.4 Å². The van der Waals surface area contributed by atoms with Gasteiger partial charge in [-0.05, 0) is 55.2 Å². The minimum absolute atomic E-state index is 0.00282. The summed E-state index contributed by atoms with van der Waals surface area (Å²) >= 11 is 0. The van der Waals surface area contributed by atoms with Gasteiger partial charge in [0.2, 0.25) is 15.9 Å². The van der Waals surface area contributed by atoms with Crippen molar-refractivity contribution >= 4 is 21.8 Å². The van der Waals surface area contributed by atoms with Gasteiger partial charge in [0.1, 0.15) is 0 Å². The lowest BCUT2D eigenvalue weighted by molar-refractivity contribution is 0.0948. The highest BCUT2D eigenvalue weighted by atomic mass is 32.2. The molecular formula is C19H21N3O4S. The molecule has 0 unspecified atom stereocenters. The molecule has 2 aromatic carbocycles. The van der Waals surface area contributed by atoms with Gasteiger partial charge in [-0.25, -0.2) is 13.1 Å². The minimum atomic E-state index is -3.62. The summed E-state index contributed by atoms with van der Waals surface area (Å²) in [6.07, 6.45) is 1.68. The standard InChI is InChI=1S/C19H21N3O4S/c1-12-2-9-16(27(25,26)22-15-7-8-15)10-17(12)19(24)21-11-13-3-5-14(6-4-13)18(20)23/h2-6,9-10,15,22H,7-8,11H2,1H3,(H2,20,23)(H,21,24). The fourth-order valence-electron chi connectivity index (χ4n) is 2.57. The largest absolute Gasteiger partial charge is 0.366 e. The molecule has 0 atom stereocenters. The fraction of sp³-hybridized carbons (Fsp3) is 0.263. The van der Waals surface area contributed by atoms with Crippen molar-refractivity contribution in [2.24, 2.45) is 5.73 Å².